The molecule has 1 unspecified atom stereocenters. The van der Waals surface area contributed by atoms with E-state index in [4.69, 9.17) is 0 Å². The first kappa shape index (κ1) is 31.2. The lowest BCUT2D eigenvalue weighted by Gasteiger charge is -2.34. The number of fused-ring (bicyclic) bond motifs is 2. The highest BCUT2D eigenvalue weighted by molar-refractivity contribution is 7.51. The summed E-state index contributed by atoms with van der Waals surface area (Å²) in [6.45, 7) is 0.506. The number of rotatable bonds is 6. The van der Waals surface area contributed by atoms with Gasteiger partial charge in [-0.25, -0.2) is 4.39 Å². The van der Waals surface area contributed by atoms with E-state index in [-0.39, 0.29) is 45.3 Å². The van der Waals surface area contributed by atoms with Crippen molar-refractivity contribution in [2.45, 2.75) is 86.9 Å². The van der Waals surface area contributed by atoms with Gasteiger partial charge in [-0.1, -0.05) is 6.07 Å². The largest absolute Gasteiger partial charge is 0.858 e. The van der Waals surface area contributed by atoms with Crippen molar-refractivity contribution in [1.29, 1.82) is 0 Å². The summed E-state index contributed by atoms with van der Waals surface area (Å²) in [5.41, 5.74) is 0.430. The fraction of sp³-hybridized carbons (Fsp3) is 0.500. The number of likely N-dealkylation sites (tertiary alicyclic amines) is 1. The molecule has 0 bridgehead atoms. The van der Waals surface area contributed by atoms with Gasteiger partial charge >= 0.3 is 7.60 Å². The Kier molecular flexibility index (Phi) is 7.74. The Morgan fingerprint density at radius 3 is 2.63 bits per heavy atom. The third-order valence-electron chi connectivity index (χ3n) is 10.2. The maximum Gasteiger partial charge on any atom is 0.363 e. The Labute approximate surface area is 268 Å². The molecule has 4 fully saturated rings. The molecule has 2 aromatic heterocycles. The molecule has 3 aliphatic heterocycles. The highest BCUT2D eigenvalue weighted by atomic mass is 32.1. The minimum atomic E-state index is -4.99. The second-order valence-electron chi connectivity index (χ2n) is 13.2. The summed E-state index contributed by atoms with van der Waals surface area (Å²) in [5.74, 6) is -3.39. The smallest absolute Gasteiger partial charge is 0.363 e. The number of carbonyl (C=O) groups is 2. The molecule has 2 amide bonds. The lowest BCUT2D eigenvalue weighted by atomic mass is 9.96. The van der Waals surface area contributed by atoms with E-state index in [1.54, 1.807) is 24.2 Å². The van der Waals surface area contributed by atoms with Crippen LogP contribution >= 0.6 is 18.9 Å². The standard InChI is InChI=1S/C32H36FN4O7PS/c1-35-12-9-18(15-27(35)38)21-16-32(10-11-32)36(17-21)31(41)24-7-6-22-3-2-4-23(30(40)37(22)24)34-29(39)26-14-20-13-19(5-8-25(20)46-26)28(33)45(42,43)44/h5,8-9,12-15,21-24,28H,2-4,6-7,10-11,16-17H2,1H3,(H,34,39)(H2,42,43,44)/p-1/t21-,22-,23?,24-,28-/m0/s1. The molecule has 0 radical (unpaired) electrons. The van der Waals surface area contributed by atoms with Crippen LogP contribution < -0.4 is 10.7 Å². The van der Waals surface area contributed by atoms with Gasteiger partial charge < -0.3 is 29.3 Å². The Balaban J connectivity index is 1.11. The quantitative estimate of drug-likeness (QED) is 0.232. The number of aryl methyl sites for hydroxylation is 1. The Morgan fingerprint density at radius 2 is 1.91 bits per heavy atom. The van der Waals surface area contributed by atoms with Crippen LogP contribution in [-0.2, 0) is 21.2 Å². The van der Waals surface area contributed by atoms with E-state index < -0.39 is 31.5 Å². The van der Waals surface area contributed by atoms with Crippen LogP contribution in [0.4, 0.5) is 4.39 Å². The molecular weight excluding hydrogens is 634 g/mol. The normalized spacial score (nSPS) is 26.9. The lowest BCUT2D eigenvalue weighted by molar-refractivity contribution is -0.213. The molecule has 7 rings (SSSR count). The summed E-state index contributed by atoms with van der Waals surface area (Å²) in [5, 5.41) is 13.8. The van der Waals surface area contributed by atoms with Crippen molar-refractivity contribution in [2.75, 3.05) is 6.54 Å². The van der Waals surface area contributed by atoms with Crippen LogP contribution in [0, 0.1) is 0 Å². The van der Waals surface area contributed by atoms with Crippen LogP contribution in [0.25, 0.3) is 10.1 Å². The van der Waals surface area contributed by atoms with E-state index in [0.717, 1.165) is 42.6 Å². The number of pyridine rings is 1. The summed E-state index contributed by atoms with van der Waals surface area (Å²) in [6, 6.07) is 7.54. The molecule has 4 aliphatic rings. The molecular formula is C32H35FN4O7PS-. The van der Waals surface area contributed by atoms with Gasteiger partial charge in [-0.2, -0.15) is 0 Å². The highest BCUT2D eigenvalue weighted by Crippen LogP contribution is 2.55. The van der Waals surface area contributed by atoms with Crippen molar-refractivity contribution in [3.8, 4) is 0 Å². The van der Waals surface area contributed by atoms with Crippen LogP contribution in [-0.4, -0.2) is 72.1 Å². The predicted molar refractivity (Wildman–Crippen MR) is 168 cm³/mol. The zero-order valence-electron chi connectivity index (χ0n) is 25.3. The van der Waals surface area contributed by atoms with Crippen LogP contribution in [0.2, 0.25) is 0 Å². The van der Waals surface area contributed by atoms with Gasteiger partial charge in [-0.15, -0.1) is 11.3 Å². The first-order valence-corrected chi connectivity index (χ1v) is 18.1. The Morgan fingerprint density at radius 1 is 1.13 bits per heavy atom. The number of carbonyl (C=O) groups excluding carboxylic acids is 2. The molecule has 3 saturated heterocycles. The molecule has 5 atom stereocenters. The summed E-state index contributed by atoms with van der Waals surface area (Å²) >= 11 is 1.11. The van der Waals surface area contributed by atoms with E-state index in [9.17, 15) is 38.2 Å². The maximum atomic E-state index is 14.3. The monoisotopic (exact) mass is 669 g/mol. The predicted octanol–water partition coefficient (Wildman–Crippen LogP) is 3.31. The van der Waals surface area contributed by atoms with E-state index in [2.05, 4.69) is 4.99 Å². The molecule has 14 heteroatoms. The van der Waals surface area contributed by atoms with Crippen molar-refractivity contribution in [2.24, 2.45) is 12.0 Å². The minimum absolute atomic E-state index is 0.0581. The summed E-state index contributed by atoms with van der Waals surface area (Å²) in [4.78, 5) is 67.1. The third-order valence-corrected chi connectivity index (χ3v) is 12.2. The van der Waals surface area contributed by atoms with Crippen LogP contribution in [0.1, 0.15) is 79.2 Å². The number of aromatic nitrogens is 1. The van der Waals surface area contributed by atoms with Gasteiger partial charge in [0, 0.05) is 58.8 Å². The van der Waals surface area contributed by atoms with Gasteiger partial charge in [0.25, 0.3) is 5.56 Å². The van der Waals surface area contributed by atoms with Gasteiger partial charge in [0.2, 0.25) is 17.7 Å². The second-order valence-corrected chi connectivity index (χ2v) is 15.9. The van der Waals surface area contributed by atoms with Crippen LogP contribution in [0.5, 0.6) is 0 Å². The Bertz CT molecular complexity index is 1870. The molecule has 11 nitrogen and oxygen atoms in total. The number of nitrogens with zero attached hydrogens (tertiary/aromatic N) is 4. The molecule has 1 saturated carbocycles. The van der Waals surface area contributed by atoms with Crippen molar-refractivity contribution in [3.63, 3.8) is 0 Å². The number of amides is 2. The molecule has 1 aromatic carbocycles. The van der Waals surface area contributed by atoms with E-state index in [0.29, 0.717) is 42.3 Å². The van der Waals surface area contributed by atoms with Gasteiger partial charge in [-0.05, 0) is 92.1 Å². The number of hydrogen-bond acceptors (Lipinski definition) is 7. The maximum absolute atomic E-state index is 14.3. The highest BCUT2D eigenvalue weighted by Gasteiger charge is 2.58. The number of alkyl halides is 1. The molecule has 1 aliphatic carbocycles. The average Bonchev–Trinajstić information content (AvgIpc) is 3.34. The first-order valence-electron chi connectivity index (χ1n) is 15.6. The second kappa shape index (κ2) is 11.4. The molecule has 1 spiro atoms. The molecule has 2 N–H and O–H groups in total. The van der Waals surface area contributed by atoms with Crippen molar-refractivity contribution >= 4 is 46.7 Å². The van der Waals surface area contributed by atoms with Gasteiger partial charge in [-0.3, -0.25) is 23.9 Å². The zero-order chi connectivity index (χ0) is 32.5. The summed E-state index contributed by atoms with van der Waals surface area (Å²) in [6.07, 6.45) is 7.43. The van der Waals surface area contributed by atoms with Crippen LogP contribution in [0.3, 0.4) is 0 Å². The molecule has 244 valence electrons. The van der Waals surface area contributed by atoms with Gasteiger partial charge in [0.05, 0.1) is 0 Å². The van der Waals surface area contributed by atoms with E-state index >= 15 is 0 Å². The number of thiophene rings is 1. The fourth-order valence-corrected chi connectivity index (χ4v) is 9.11. The lowest BCUT2D eigenvalue weighted by Crippen LogP contribution is -2.53. The number of halogens is 1. The first-order chi connectivity index (χ1) is 21.8. The van der Waals surface area contributed by atoms with Crippen molar-refractivity contribution in [3.05, 3.63) is 69.0 Å². The number of benzene rings is 1. The molecule has 5 heterocycles. The summed E-state index contributed by atoms with van der Waals surface area (Å²) in [7, 11) is -3.28. The topological polar surface area (TPSA) is 156 Å². The van der Waals surface area contributed by atoms with Gasteiger partial charge in [0.1, 0.15) is 12.1 Å². The summed E-state index contributed by atoms with van der Waals surface area (Å²) < 4.78 is 27.8. The zero-order valence-corrected chi connectivity index (χ0v) is 27.0. The third kappa shape index (κ3) is 5.51. The number of aliphatic imine (C=N–C) groups is 1. The van der Waals surface area contributed by atoms with Crippen molar-refractivity contribution < 1.29 is 33.4 Å². The van der Waals surface area contributed by atoms with E-state index in [1.165, 1.54) is 28.8 Å². The van der Waals surface area contributed by atoms with Gasteiger partial charge in [0.15, 0.2) is 0 Å². The minimum Gasteiger partial charge on any atom is -0.858 e. The average molecular weight is 670 g/mol. The van der Waals surface area contributed by atoms with E-state index in [1.807, 2.05) is 11.0 Å². The number of hydrogen-bond donors (Lipinski definition) is 2. The van der Waals surface area contributed by atoms with Crippen molar-refractivity contribution in [1.82, 2.24) is 14.4 Å². The molecule has 3 aromatic rings. The SMILES string of the molecule is Cn1ccc([C@@H]2CN(C(=O)[C@@H]3CC[C@@H]4CCCC(N=C([O-])c5cc6cc([C@@H](F)P(=O)(O)O)ccc6s5)C(=O)N43)C3(CC3)C2)cc1=O. The molecule has 46 heavy (non-hydrogen) atoms. The van der Waals surface area contributed by atoms with Crippen LogP contribution in [0.15, 0.2) is 52.4 Å². The Hall–Kier alpha value is -3.38. The fourth-order valence-electron chi connectivity index (χ4n) is 7.63.